The lowest BCUT2D eigenvalue weighted by Crippen LogP contribution is -2.43. The van der Waals surface area contributed by atoms with Crippen molar-refractivity contribution >= 4 is 5.69 Å². The molecule has 1 aliphatic heterocycles. The molecule has 102 valence electrons. The van der Waals surface area contributed by atoms with E-state index >= 15 is 0 Å². The third-order valence-electron chi connectivity index (χ3n) is 3.14. The summed E-state index contributed by atoms with van der Waals surface area (Å²) in [6.07, 6.45) is -4.48. The topological polar surface area (TPSA) is 19.6 Å². The Bertz CT molecular complexity index is 485. The average molecular weight is 269 g/mol. The number of halogens is 3. The van der Waals surface area contributed by atoms with E-state index < -0.39 is 11.7 Å². The first-order valence-corrected chi connectivity index (χ1v) is 6.02. The summed E-state index contributed by atoms with van der Waals surface area (Å²) in [7, 11) is 0. The van der Waals surface area contributed by atoms with E-state index in [9.17, 15) is 13.2 Å². The van der Waals surface area contributed by atoms with E-state index in [2.05, 4.69) is 10.2 Å². The first-order valence-electron chi connectivity index (χ1n) is 6.02. The van der Waals surface area contributed by atoms with Crippen molar-refractivity contribution in [2.75, 3.05) is 26.2 Å². The van der Waals surface area contributed by atoms with Crippen molar-refractivity contribution in [2.45, 2.75) is 12.7 Å². The van der Waals surface area contributed by atoms with Gasteiger partial charge in [0.15, 0.2) is 5.69 Å². The van der Waals surface area contributed by atoms with Crippen LogP contribution in [0.2, 0.25) is 0 Å². The molecular formula is C13H14F3N3. The van der Waals surface area contributed by atoms with E-state index in [-0.39, 0.29) is 17.8 Å². The van der Waals surface area contributed by atoms with Crippen LogP contribution >= 0.6 is 0 Å². The quantitative estimate of drug-likeness (QED) is 0.833. The Kier molecular flexibility index (Phi) is 4.08. The molecule has 0 radical (unpaired) electrons. The van der Waals surface area contributed by atoms with Gasteiger partial charge in [-0.2, -0.15) is 13.2 Å². The van der Waals surface area contributed by atoms with Crippen LogP contribution in [0.5, 0.6) is 0 Å². The molecule has 6 heteroatoms. The summed E-state index contributed by atoms with van der Waals surface area (Å²) in [5.41, 5.74) is -0.924. The minimum atomic E-state index is -4.48. The van der Waals surface area contributed by atoms with Crippen molar-refractivity contribution in [1.29, 1.82) is 0 Å². The predicted molar refractivity (Wildman–Crippen MR) is 65.9 cm³/mol. The Morgan fingerprint density at radius 3 is 2.53 bits per heavy atom. The Labute approximate surface area is 109 Å². The molecule has 0 aliphatic carbocycles. The Morgan fingerprint density at radius 2 is 1.95 bits per heavy atom. The number of nitrogens with one attached hydrogen (secondary N) is 1. The fourth-order valence-electron chi connectivity index (χ4n) is 2.25. The van der Waals surface area contributed by atoms with Crippen LogP contribution in [0, 0.1) is 6.57 Å². The number of rotatable bonds is 2. The fraction of sp³-hybridized carbons (Fsp3) is 0.462. The Morgan fingerprint density at radius 1 is 1.26 bits per heavy atom. The van der Waals surface area contributed by atoms with Gasteiger partial charge < -0.3 is 5.32 Å². The minimum Gasteiger partial charge on any atom is -0.314 e. The average Bonchev–Trinajstić information content (AvgIpc) is 2.38. The molecule has 1 aromatic carbocycles. The van der Waals surface area contributed by atoms with Crippen LogP contribution in [-0.2, 0) is 12.7 Å². The SMILES string of the molecule is [C-]#[N+]c1cccc(CN2CCNCC2)c1C(F)(F)F. The third-order valence-corrected chi connectivity index (χ3v) is 3.14. The van der Waals surface area contributed by atoms with Crippen molar-refractivity contribution in [3.05, 3.63) is 40.7 Å². The summed E-state index contributed by atoms with van der Waals surface area (Å²) in [6.45, 7) is 10.1. The second kappa shape index (κ2) is 5.59. The third kappa shape index (κ3) is 3.25. The van der Waals surface area contributed by atoms with Crippen LogP contribution in [0.25, 0.3) is 4.85 Å². The van der Waals surface area contributed by atoms with Crippen molar-refractivity contribution in [2.24, 2.45) is 0 Å². The lowest BCUT2D eigenvalue weighted by Gasteiger charge is -2.28. The molecular weight excluding hydrogens is 255 g/mol. The number of piperazine rings is 1. The van der Waals surface area contributed by atoms with Crippen LogP contribution < -0.4 is 5.32 Å². The van der Waals surface area contributed by atoms with E-state index in [1.54, 1.807) is 0 Å². The second-order valence-electron chi connectivity index (χ2n) is 4.45. The lowest BCUT2D eigenvalue weighted by atomic mass is 10.0. The number of hydrogen-bond acceptors (Lipinski definition) is 2. The standard InChI is InChI=1S/C13H14F3N3/c1-17-11-4-2-3-10(12(11)13(14,15)16)9-19-7-5-18-6-8-19/h2-4,18H,5-9H2. The van der Waals surface area contributed by atoms with Crippen LogP contribution in [-0.4, -0.2) is 31.1 Å². The van der Waals surface area contributed by atoms with Crippen molar-refractivity contribution < 1.29 is 13.2 Å². The highest BCUT2D eigenvalue weighted by molar-refractivity contribution is 5.57. The molecule has 0 bridgehead atoms. The normalized spacial score (nSPS) is 17.2. The molecule has 0 amide bonds. The first kappa shape index (κ1) is 13.8. The van der Waals surface area contributed by atoms with Gasteiger partial charge in [-0.3, -0.25) is 4.90 Å². The molecule has 1 aliphatic rings. The molecule has 1 heterocycles. The molecule has 1 fully saturated rings. The molecule has 1 N–H and O–H groups in total. The second-order valence-corrected chi connectivity index (χ2v) is 4.45. The summed E-state index contributed by atoms with van der Waals surface area (Å²) in [5.74, 6) is 0. The summed E-state index contributed by atoms with van der Waals surface area (Å²) in [4.78, 5) is 4.96. The largest absolute Gasteiger partial charge is 0.407 e. The van der Waals surface area contributed by atoms with Crippen molar-refractivity contribution in [1.82, 2.24) is 10.2 Å². The van der Waals surface area contributed by atoms with Crippen molar-refractivity contribution in [3.8, 4) is 0 Å². The Balaban J connectivity index is 2.31. The van der Waals surface area contributed by atoms with Crippen LogP contribution in [0.3, 0.4) is 0 Å². The number of benzene rings is 1. The summed E-state index contributed by atoms with van der Waals surface area (Å²) >= 11 is 0. The van der Waals surface area contributed by atoms with E-state index in [1.165, 1.54) is 18.2 Å². The summed E-state index contributed by atoms with van der Waals surface area (Å²) in [6, 6.07) is 4.19. The van der Waals surface area contributed by atoms with Gasteiger partial charge in [0, 0.05) is 32.7 Å². The van der Waals surface area contributed by atoms with Gasteiger partial charge in [0.1, 0.15) is 0 Å². The van der Waals surface area contributed by atoms with Gasteiger partial charge in [-0.1, -0.05) is 18.2 Å². The molecule has 0 saturated carbocycles. The van der Waals surface area contributed by atoms with Crippen LogP contribution in [0.4, 0.5) is 18.9 Å². The molecule has 3 nitrogen and oxygen atoms in total. The molecule has 1 aromatic rings. The minimum absolute atomic E-state index is 0.183. The zero-order valence-electron chi connectivity index (χ0n) is 10.3. The van der Waals surface area contributed by atoms with Crippen molar-refractivity contribution in [3.63, 3.8) is 0 Å². The molecule has 0 atom stereocenters. The van der Waals surface area contributed by atoms with E-state index in [0.29, 0.717) is 0 Å². The monoisotopic (exact) mass is 269 g/mol. The highest BCUT2D eigenvalue weighted by Crippen LogP contribution is 2.39. The lowest BCUT2D eigenvalue weighted by molar-refractivity contribution is -0.137. The number of nitrogens with zero attached hydrogens (tertiary/aromatic N) is 2. The molecule has 2 rings (SSSR count). The smallest absolute Gasteiger partial charge is 0.314 e. The van der Waals surface area contributed by atoms with Gasteiger partial charge in [-0.05, 0) is 5.56 Å². The van der Waals surface area contributed by atoms with Gasteiger partial charge in [0.05, 0.1) is 12.1 Å². The zero-order chi connectivity index (χ0) is 13.9. The van der Waals surface area contributed by atoms with Crippen LogP contribution in [0.1, 0.15) is 11.1 Å². The molecule has 0 spiro atoms. The number of hydrogen-bond donors (Lipinski definition) is 1. The van der Waals surface area contributed by atoms with Crippen LogP contribution in [0.15, 0.2) is 18.2 Å². The van der Waals surface area contributed by atoms with Gasteiger partial charge in [0.25, 0.3) is 0 Å². The maximum Gasteiger partial charge on any atom is 0.407 e. The van der Waals surface area contributed by atoms with E-state index in [1.807, 2.05) is 4.90 Å². The maximum atomic E-state index is 13.1. The summed E-state index contributed by atoms with van der Waals surface area (Å²) < 4.78 is 39.2. The highest BCUT2D eigenvalue weighted by atomic mass is 19.4. The maximum absolute atomic E-state index is 13.1. The van der Waals surface area contributed by atoms with Gasteiger partial charge in [-0.25, -0.2) is 4.85 Å². The fourth-order valence-corrected chi connectivity index (χ4v) is 2.25. The molecule has 0 aromatic heterocycles. The van der Waals surface area contributed by atoms with E-state index in [4.69, 9.17) is 6.57 Å². The molecule has 19 heavy (non-hydrogen) atoms. The predicted octanol–water partition coefficient (Wildman–Crippen LogP) is 2.66. The molecule has 0 unspecified atom stereocenters. The summed E-state index contributed by atoms with van der Waals surface area (Å²) in [5, 5.41) is 3.16. The highest BCUT2D eigenvalue weighted by Gasteiger charge is 2.36. The first-order chi connectivity index (χ1) is 9.02. The molecule has 1 saturated heterocycles. The van der Waals surface area contributed by atoms with Gasteiger partial charge in [0.2, 0.25) is 0 Å². The van der Waals surface area contributed by atoms with E-state index in [0.717, 1.165) is 26.2 Å². The van der Waals surface area contributed by atoms with Gasteiger partial charge >= 0.3 is 6.18 Å². The van der Waals surface area contributed by atoms with Gasteiger partial charge in [-0.15, -0.1) is 0 Å². The zero-order valence-corrected chi connectivity index (χ0v) is 10.3. The number of alkyl halides is 3. The Hall–Kier alpha value is -1.58.